The minimum absolute atomic E-state index is 0.128. The van der Waals surface area contributed by atoms with Crippen LogP contribution in [-0.2, 0) is 6.18 Å². The Morgan fingerprint density at radius 2 is 2.04 bits per heavy atom. The fourth-order valence-corrected chi connectivity index (χ4v) is 3.85. The highest BCUT2D eigenvalue weighted by Gasteiger charge is 2.35. The largest absolute Gasteiger partial charge is 0.419 e. The number of hydrogen-bond acceptors (Lipinski definition) is 4. The number of nitrogens with zero attached hydrogens (tertiary/aromatic N) is 2. The van der Waals surface area contributed by atoms with Crippen molar-refractivity contribution in [3.63, 3.8) is 0 Å². The lowest BCUT2D eigenvalue weighted by Gasteiger charge is -2.17. The molecule has 8 heteroatoms. The molecule has 0 spiro atoms. The van der Waals surface area contributed by atoms with E-state index in [1.807, 2.05) is 6.08 Å². The van der Waals surface area contributed by atoms with Crippen molar-refractivity contribution in [3.8, 4) is 0 Å². The van der Waals surface area contributed by atoms with Gasteiger partial charge in [0.25, 0.3) is 0 Å². The van der Waals surface area contributed by atoms with Crippen LogP contribution < -0.4 is 10.6 Å². The lowest BCUT2D eigenvalue weighted by molar-refractivity contribution is -0.137. The Hall–Kier alpha value is -2.06. The molecule has 2 aromatic heterocycles. The summed E-state index contributed by atoms with van der Waals surface area (Å²) >= 11 is 0. The fourth-order valence-electron chi connectivity index (χ4n) is 3.85. The molecule has 4 heterocycles. The molecule has 0 aromatic carbocycles. The molecule has 0 unspecified atom stereocenters. The quantitative estimate of drug-likeness (QED) is 0.673. The number of halogens is 3. The Kier molecular flexibility index (Phi) is 5.10. The number of aromatic nitrogens is 2. The zero-order valence-electron chi connectivity index (χ0n) is 15.1. The molecule has 4 rings (SSSR count). The SMILES string of the molecule is FC(F)(F)c1cnc2[nH]c(C3=CCNC3)cc2c1NCCCN1CCCC1. The zero-order chi connectivity index (χ0) is 18.9. The van der Waals surface area contributed by atoms with E-state index in [1.165, 1.54) is 12.8 Å². The average Bonchev–Trinajstić information content (AvgIpc) is 3.38. The minimum atomic E-state index is -4.44. The summed E-state index contributed by atoms with van der Waals surface area (Å²) in [6, 6.07) is 1.78. The third-order valence-electron chi connectivity index (χ3n) is 5.27. The Morgan fingerprint density at radius 1 is 1.22 bits per heavy atom. The molecule has 0 saturated carbocycles. The van der Waals surface area contributed by atoms with Gasteiger partial charge in [0.2, 0.25) is 0 Å². The van der Waals surface area contributed by atoms with E-state index in [0.29, 0.717) is 24.1 Å². The zero-order valence-corrected chi connectivity index (χ0v) is 15.1. The number of fused-ring (bicyclic) bond motifs is 1. The molecular formula is C19H24F3N5. The number of H-pyrrole nitrogens is 1. The normalized spacial score (nSPS) is 18.4. The van der Waals surface area contributed by atoms with Crippen molar-refractivity contribution in [1.82, 2.24) is 20.2 Å². The van der Waals surface area contributed by atoms with Gasteiger partial charge in [-0.2, -0.15) is 13.2 Å². The van der Waals surface area contributed by atoms with E-state index in [2.05, 4.69) is 25.5 Å². The molecule has 1 fully saturated rings. The van der Waals surface area contributed by atoms with Gasteiger partial charge < -0.3 is 20.5 Å². The van der Waals surface area contributed by atoms with E-state index in [-0.39, 0.29) is 5.69 Å². The van der Waals surface area contributed by atoms with Crippen LogP contribution in [0.25, 0.3) is 16.6 Å². The average molecular weight is 379 g/mol. The first-order valence-electron chi connectivity index (χ1n) is 9.47. The molecule has 0 atom stereocenters. The van der Waals surface area contributed by atoms with Gasteiger partial charge in [0.05, 0.1) is 11.3 Å². The predicted molar refractivity (Wildman–Crippen MR) is 101 cm³/mol. The molecule has 27 heavy (non-hydrogen) atoms. The summed E-state index contributed by atoms with van der Waals surface area (Å²) in [5, 5.41) is 6.74. The number of hydrogen-bond donors (Lipinski definition) is 3. The van der Waals surface area contributed by atoms with Crippen LogP contribution in [0.4, 0.5) is 18.9 Å². The molecule has 5 nitrogen and oxygen atoms in total. The number of aromatic amines is 1. The van der Waals surface area contributed by atoms with E-state index in [1.54, 1.807) is 6.07 Å². The highest BCUT2D eigenvalue weighted by Crippen LogP contribution is 2.39. The first kappa shape index (κ1) is 18.3. The number of likely N-dealkylation sites (tertiary alicyclic amines) is 1. The fraction of sp³-hybridized carbons (Fsp3) is 0.526. The summed E-state index contributed by atoms with van der Waals surface area (Å²) in [6.07, 6.45) is 1.77. The van der Waals surface area contributed by atoms with Gasteiger partial charge >= 0.3 is 6.18 Å². The van der Waals surface area contributed by atoms with Crippen LogP contribution in [0.3, 0.4) is 0 Å². The van der Waals surface area contributed by atoms with E-state index in [4.69, 9.17) is 0 Å². The third-order valence-corrected chi connectivity index (χ3v) is 5.27. The summed E-state index contributed by atoms with van der Waals surface area (Å²) in [5.74, 6) is 0. The van der Waals surface area contributed by atoms with Gasteiger partial charge in [0, 0.05) is 36.9 Å². The van der Waals surface area contributed by atoms with Crippen molar-refractivity contribution in [1.29, 1.82) is 0 Å². The van der Waals surface area contributed by atoms with E-state index >= 15 is 0 Å². The topological polar surface area (TPSA) is 56.0 Å². The molecule has 3 N–H and O–H groups in total. The minimum Gasteiger partial charge on any atom is -0.384 e. The van der Waals surface area contributed by atoms with Crippen LogP contribution in [-0.4, -0.2) is 54.1 Å². The third kappa shape index (κ3) is 3.96. The molecule has 0 amide bonds. The predicted octanol–water partition coefficient (Wildman–Crippen LogP) is 3.47. The van der Waals surface area contributed by atoms with Gasteiger partial charge in [-0.25, -0.2) is 4.98 Å². The number of anilines is 1. The van der Waals surface area contributed by atoms with Gasteiger partial charge in [-0.1, -0.05) is 6.08 Å². The first-order chi connectivity index (χ1) is 13.0. The highest BCUT2D eigenvalue weighted by atomic mass is 19.4. The number of nitrogens with one attached hydrogen (secondary N) is 3. The van der Waals surface area contributed by atoms with Crippen LogP contribution in [0.5, 0.6) is 0 Å². The van der Waals surface area contributed by atoms with Crippen LogP contribution in [0.2, 0.25) is 0 Å². The molecule has 0 aliphatic carbocycles. The lowest BCUT2D eigenvalue weighted by Crippen LogP contribution is -2.22. The molecule has 146 valence electrons. The molecule has 2 aliphatic heterocycles. The van der Waals surface area contributed by atoms with Crippen molar-refractivity contribution in [2.75, 3.05) is 44.6 Å². The smallest absolute Gasteiger partial charge is 0.384 e. The molecular weight excluding hydrogens is 355 g/mol. The molecule has 0 bridgehead atoms. The highest BCUT2D eigenvalue weighted by molar-refractivity contribution is 5.94. The Morgan fingerprint density at radius 3 is 2.74 bits per heavy atom. The Bertz CT molecular complexity index is 834. The van der Waals surface area contributed by atoms with Gasteiger partial charge in [-0.15, -0.1) is 0 Å². The summed E-state index contributed by atoms with van der Waals surface area (Å²) in [6.45, 7) is 5.09. The summed E-state index contributed by atoms with van der Waals surface area (Å²) in [5.41, 5.74) is 1.78. The molecule has 1 saturated heterocycles. The maximum Gasteiger partial charge on any atom is 0.419 e. The van der Waals surface area contributed by atoms with E-state index in [0.717, 1.165) is 50.1 Å². The second-order valence-corrected chi connectivity index (χ2v) is 7.18. The van der Waals surface area contributed by atoms with Crippen LogP contribution in [0.15, 0.2) is 18.3 Å². The maximum atomic E-state index is 13.5. The summed E-state index contributed by atoms with van der Waals surface area (Å²) < 4.78 is 40.6. The monoisotopic (exact) mass is 379 g/mol. The van der Waals surface area contributed by atoms with E-state index < -0.39 is 11.7 Å². The number of alkyl halides is 3. The van der Waals surface area contributed by atoms with Crippen molar-refractivity contribution in [2.24, 2.45) is 0 Å². The van der Waals surface area contributed by atoms with E-state index in [9.17, 15) is 13.2 Å². The van der Waals surface area contributed by atoms with Crippen molar-refractivity contribution >= 4 is 22.3 Å². The van der Waals surface area contributed by atoms with Crippen LogP contribution in [0, 0.1) is 0 Å². The van der Waals surface area contributed by atoms with Crippen molar-refractivity contribution in [3.05, 3.63) is 29.6 Å². The first-order valence-corrected chi connectivity index (χ1v) is 9.47. The Labute approximate surface area is 156 Å². The van der Waals surface area contributed by atoms with Crippen molar-refractivity contribution in [2.45, 2.75) is 25.4 Å². The van der Waals surface area contributed by atoms with Gasteiger partial charge in [0.15, 0.2) is 0 Å². The van der Waals surface area contributed by atoms with Crippen LogP contribution in [0.1, 0.15) is 30.5 Å². The standard InChI is InChI=1S/C19H24F3N5/c20-19(21,22)15-12-25-18-14(10-16(26-18)13-4-6-23-11-13)17(15)24-5-3-9-27-7-1-2-8-27/h4,10,12,23H,1-3,5-9,11H2,(H2,24,25,26). The lowest BCUT2D eigenvalue weighted by atomic mass is 10.1. The van der Waals surface area contributed by atoms with Crippen LogP contribution >= 0.6 is 0 Å². The molecule has 2 aromatic rings. The molecule has 0 radical (unpaired) electrons. The summed E-state index contributed by atoms with van der Waals surface area (Å²) in [4.78, 5) is 9.54. The van der Waals surface area contributed by atoms with Crippen molar-refractivity contribution < 1.29 is 13.2 Å². The second-order valence-electron chi connectivity index (χ2n) is 7.18. The Balaban J connectivity index is 1.58. The number of rotatable bonds is 6. The molecule has 2 aliphatic rings. The summed E-state index contributed by atoms with van der Waals surface area (Å²) in [7, 11) is 0. The van der Waals surface area contributed by atoms with Gasteiger partial charge in [-0.05, 0) is 50.5 Å². The maximum absolute atomic E-state index is 13.5. The second kappa shape index (κ2) is 7.52. The van der Waals surface area contributed by atoms with Gasteiger partial charge in [-0.3, -0.25) is 0 Å². The van der Waals surface area contributed by atoms with Gasteiger partial charge in [0.1, 0.15) is 5.65 Å². The number of pyridine rings is 1.